The molecule has 6 heteroatoms. The smallest absolute Gasteiger partial charge is 0.320 e. The second-order valence-electron chi connectivity index (χ2n) is 4.46. The topological polar surface area (TPSA) is 54.0 Å². The van der Waals surface area contributed by atoms with E-state index in [0.29, 0.717) is 5.82 Å². The van der Waals surface area contributed by atoms with Crippen molar-refractivity contribution in [1.82, 2.24) is 10.3 Å². The maximum atomic E-state index is 12.7. The molecule has 1 atom stereocenters. The molecule has 1 fully saturated rings. The summed E-state index contributed by atoms with van der Waals surface area (Å²) < 4.78 is 25.4. The van der Waals surface area contributed by atoms with Crippen LogP contribution in [0.2, 0.25) is 0 Å². The zero-order chi connectivity index (χ0) is 13.1. The molecule has 4 nitrogen and oxygen atoms in total. The third kappa shape index (κ3) is 3.38. The molecule has 1 aromatic rings. The van der Waals surface area contributed by atoms with E-state index in [1.54, 1.807) is 25.1 Å². The van der Waals surface area contributed by atoms with Crippen molar-refractivity contribution in [1.29, 1.82) is 0 Å². The monoisotopic (exact) mass is 255 g/mol. The highest BCUT2D eigenvalue weighted by molar-refractivity contribution is 5.88. The second-order valence-corrected chi connectivity index (χ2v) is 4.46. The number of pyridine rings is 1. The molecule has 2 N–H and O–H groups in total. The average Bonchev–Trinajstić information content (AvgIpc) is 3.09. The number of rotatable bonds is 4. The normalized spacial score (nSPS) is 16.4. The second kappa shape index (κ2) is 5.29. The summed E-state index contributed by atoms with van der Waals surface area (Å²) in [6.45, 7) is 1.79. The molecule has 1 aromatic heterocycles. The average molecular weight is 255 g/mol. The Hall–Kier alpha value is -1.72. The number of amides is 2. The third-order valence-corrected chi connectivity index (χ3v) is 2.83. The van der Waals surface area contributed by atoms with E-state index in [9.17, 15) is 13.6 Å². The van der Waals surface area contributed by atoms with Crippen LogP contribution in [-0.2, 0) is 0 Å². The van der Waals surface area contributed by atoms with Crippen molar-refractivity contribution >= 4 is 11.8 Å². The zero-order valence-corrected chi connectivity index (χ0v) is 9.99. The Morgan fingerprint density at radius 3 is 2.72 bits per heavy atom. The van der Waals surface area contributed by atoms with Gasteiger partial charge in [0.2, 0.25) is 0 Å². The lowest BCUT2D eigenvalue weighted by Gasteiger charge is -2.17. The minimum absolute atomic E-state index is 0.0961. The fourth-order valence-electron chi connectivity index (χ4n) is 1.76. The van der Waals surface area contributed by atoms with Crippen LogP contribution in [0, 0.1) is 12.8 Å². The molecular formula is C12H15F2N3O. The lowest BCUT2D eigenvalue weighted by molar-refractivity contribution is 0.0929. The molecule has 1 heterocycles. The Kier molecular flexibility index (Phi) is 3.74. The summed E-state index contributed by atoms with van der Waals surface area (Å²) in [6.07, 6.45) is -1.04. The Labute approximate surface area is 104 Å². The summed E-state index contributed by atoms with van der Waals surface area (Å²) in [5.41, 5.74) is 0.750. The van der Waals surface area contributed by atoms with E-state index >= 15 is 0 Å². The van der Waals surface area contributed by atoms with Gasteiger partial charge in [-0.2, -0.15) is 0 Å². The molecule has 98 valence electrons. The first-order valence-corrected chi connectivity index (χ1v) is 5.85. The lowest BCUT2D eigenvalue weighted by Crippen LogP contribution is -2.43. The minimum Gasteiger partial charge on any atom is -0.329 e. The first-order valence-electron chi connectivity index (χ1n) is 5.85. The highest BCUT2D eigenvalue weighted by Gasteiger charge is 2.38. The molecule has 18 heavy (non-hydrogen) atoms. The van der Waals surface area contributed by atoms with E-state index in [0.717, 1.165) is 18.5 Å². The highest BCUT2D eigenvalue weighted by Crippen LogP contribution is 2.35. The fourth-order valence-corrected chi connectivity index (χ4v) is 1.76. The molecule has 0 saturated heterocycles. The molecule has 2 amide bonds. The number of carbonyl (C=O) groups excluding carboxylic acids is 1. The standard InChI is InChI=1S/C12H15F2N3O/c1-7-3-2-4-9(15-7)16-12(18)17-10(11(13)14)8-5-6-8/h2-4,8,10-11H,5-6H2,1H3,(H2,15,16,17,18)/t10-/m0/s1. The predicted molar refractivity (Wildman–Crippen MR) is 63.6 cm³/mol. The van der Waals surface area contributed by atoms with Crippen LogP contribution in [0.3, 0.4) is 0 Å². The first-order chi connectivity index (χ1) is 8.56. The van der Waals surface area contributed by atoms with Crippen molar-refractivity contribution in [3.05, 3.63) is 23.9 Å². The van der Waals surface area contributed by atoms with Crippen molar-refractivity contribution in [2.24, 2.45) is 5.92 Å². The van der Waals surface area contributed by atoms with Gasteiger partial charge in [-0.25, -0.2) is 18.6 Å². The Balaban J connectivity index is 1.91. The van der Waals surface area contributed by atoms with Gasteiger partial charge >= 0.3 is 6.03 Å². The third-order valence-electron chi connectivity index (χ3n) is 2.83. The van der Waals surface area contributed by atoms with E-state index in [2.05, 4.69) is 15.6 Å². The number of nitrogens with one attached hydrogen (secondary N) is 2. The van der Waals surface area contributed by atoms with Crippen molar-refractivity contribution in [2.45, 2.75) is 32.2 Å². The van der Waals surface area contributed by atoms with Gasteiger partial charge in [-0.05, 0) is 37.8 Å². The summed E-state index contributed by atoms with van der Waals surface area (Å²) in [7, 11) is 0. The van der Waals surface area contributed by atoms with Crippen LogP contribution in [0.5, 0.6) is 0 Å². The van der Waals surface area contributed by atoms with Gasteiger partial charge in [0.15, 0.2) is 0 Å². The van der Waals surface area contributed by atoms with Crippen LogP contribution < -0.4 is 10.6 Å². The van der Waals surface area contributed by atoms with Crippen LogP contribution in [0.25, 0.3) is 0 Å². The molecule has 0 unspecified atom stereocenters. The number of hydrogen-bond donors (Lipinski definition) is 2. The highest BCUT2D eigenvalue weighted by atomic mass is 19.3. The molecule has 1 aliphatic rings. The molecule has 0 bridgehead atoms. The lowest BCUT2D eigenvalue weighted by atomic mass is 10.2. The fraction of sp³-hybridized carbons (Fsp3) is 0.500. The van der Waals surface area contributed by atoms with E-state index in [4.69, 9.17) is 0 Å². The summed E-state index contributed by atoms with van der Waals surface area (Å²) in [5, 5.41) is 4.76. The molecule has 0 aromatic carbocycles. The Bertz CT molecular complexity index is 433. The number of alkyl halides is 2. The molecule has 1 aliphatic carbocycles. The van der Waals surface area contributed by atoms with Gasteiger partial charge in [0, 0.05) is 5.69 Å². The number of hydrogen-bond acceptors (Lipinski definition) is 2. The molecule has 1 saturated carbocycles. The van der Waals surface area contributed by atoms with Crippen molar-refractivity contribution in [3.63, 3.8) is 0 Å². The van der Waals surface area contributed by atoms with E-state index in [1.807, 2.05) is 0 Å². The molecule has 0 radical (unpaired) electrons. The van der Waals surface area contributed by atoms with Gasteiger partial charge < -0.3 is 5.32 Å². The molecule has 0 spiro atoms. The summed E-state index contributed by atoms with van der Waals surface area (Å²) in [4.78, 5) is 15.6. The van der Waals surface area contributed by atoms with Crippen LogP contribution in [-0.4, -0.2) is 23.5 Å². The van der Waals surface area contributed by atoms with Crippen LogP contribution in [0.1, 0.15) is 18.5 Å². The maximum absolute atomic E-state index is 12.7. The number of halogens is 2. The minimum atomic E-state index is -2.53. The number of carbonyl (C=O) groups is 1. The number of aromatic nitrogens is 1. The number of aryl methyl sites for hydroxylation is 1. The van der Waals surface area contributed by atoms with Crippen molar-refractivity contribution in [3.8, 4) is 0 Å². The van der Waals surface area contributed by atoms with Gasteiger partial charge in [0.05, 0.1) is 6.04 Å². The number of anilines is 1. The molecule has 0 aliphatic heterocycles. The SMILES string of the molecule is Cc1cccc(NC(=O)N[C@H](C(F)F)C2CC2)n1. The summed E-state index contributed by atoms with van der Waals surface area (Å²) in [5.74, 6) is 0.262. The number of urea groups is 1. The largest absolute Gasteiger partial charge is 0.329 e. The quantitative estimate of drug-likeness (QED) is 0.868. The van der Waals surface area contributed by atoms with Crippen LogP contribution >= 0.6 is 0 Å². The molecular weight excluding hydrogens is 240 g/mol. The van der Waals surface area contributed by atoms with E-state index in [-0.39, 0.29) is 5.92 Å². The van der Waals surface area contributed by atoms with Gasteiger partial charge in [0.1, 0.15) is 5.82 Å². The van der Waals surface area contributed by atoms with E-state index < -0.39 is 18.5 Å². The Morgan fingerprint density at radius 1 is 1.44 bits per heavy atom. The zero-order valence-electron chi connectivity index (χ0n) is 9.99. The van der Waals surface area contributed by atoms with Gasteiger partial charge in [0.25, 0.3) is 6.43 Å². The first kappa shape index (κ1) is 12.7. The Morgan fingerprint density at radius 2 is 2.17 bits per heavy atom. The summed E-state index contributed by atoms with van der Waals surface area (Å²) in [6, 6.07) is 3.44. The van der Waals surface area contributed by atoms with Crippen LogP contribution in [0.15, 0.2) is 18.2 Å². The van der Waals surface area contributed by atoms with E-state index in [1.165, 1.54) is 0 Å². The predicted octanol–water partition coefficient (Wildman–Crippen LogP) is 2.56. The number of nitrogens with zero attached hydrogens (tertiary/aromatic N) is 1. The van der Waals surface area contributed by atoms with Gasteiger partial charge in [-0.1, -0.05) is 6.07 Å². The maximum Gasteiger partial charge on any atom is 0.320 e. The van der Waals surface area contributed by atoms with Crippen molar-refractivity contribution < 1.29 is 13.6 Å². The van der Waals surface area contributed by atoms with Gasteiger partial charge in [-0.15, -0.1) is 0 Å². The summed E-state index contributed by atoms with van der Waals surface area (Å²) >= 11 is 0. The van der Waals surface area contributed by atoms with Crippen molar-refractivity contribution in [2.75, 3.05) is 5.32 Å². The van der Waals surface area contributed by atoms with Gasteiger partial charge in [-0.3, -0.25) is 5.32 Å². The molecule has 2 rings (SSSR count). The van der Waals surface area contributed by atoms with Crippen LogP contribution in [0.4, 0.5) is 19.4 Å².